The molecule has 0 unspecified atom stereocenters. The van der Waals surface area contributed by atoms with Crippen molar-refractivity contribution >= 4 is 11.6 Å². The molecule has 0 N–H and O–H groups in total. The van der Waals surface area contributed by atoms with Gasteiger partial charge in [-0.15, -0.1) is 0 Å². The molecule has 0 aliphatic carbocycles. The van der Waals surface area contributed by atoms with Crippen molar-refractivity contribution in [3.63, 3.8) is 0 Å². The minimum atomic E-state index is 0.285. The van der Waals surface area contributed by atoms with Crippen molar-refractivity contribution in [3.8, 4) is 22.8 Å². The summed E-state index contributed by atoms with van der Waals surface area (Å²) in [5, 5.41) is 0.538. The van der Waals surface area contributed by atoms with E-state index in [1.165, 1.54) is 11.1 Å². The third-order valence-electron chi connectivity index (χ3n) is 5.39. The van der Waals surface area contributed by atoms with Gasteiger partial charge < -0.3 is 9.47 Å². The summed E-state index contributed by atoms with van der Waals surface area (Å²) in [6.45, 7) is 3.30. The minimum Gasteiger partial charge on any atom is -0.454 e. The maximum Gasteiger partial charge on any atom is 0.231 e. The van der Waals surface area contributed by atoms with Gasteiger partial charge in [0.25, 0.3) is 0 Å². The summed E-state index contributed by atoms with van der Waals surface area (Å²) < 4.78 is 10.9. The molecular weight excluding hydrogens is 374 g/mol. The first-order chi connectivity index (χ1) is 13.7. The zero-order chi connectivity index (χ0) is 18.9. The molecule has 3 aromatic rings. The van der Waals surface area contributed by atoms with E-state index in [1.807, 2.05) is 42.7 Å². The predicted octanol–water partition coefficient (Wildman–Crippen LogP) is 4.52. The highest BCUT2D eigenvalue weighted by atomic mass is 35.5. The summed E-state index contributed by atoms with van der Waals surface area (Å²) in [5.74, 6) is 2.09. The van der Waals surface area contributed by atoms with Crippen molar-refractivity contribution in [2.75, 3.05) is 19.9 Å². The van der Waals surface area contributed by atoms with Crippen LogP contribution in [0.5, 0.6) is 11.5 Å². The second-order valence-corrected chi connectivity index (χ2v) is 7.64. The average Bonchev–Trinajstić information content (AvgIpc) is 3.39. The number of nitrogens with zero attached hydrogens (tertiary/aromatic N) is 3. The van der Waals surface area contributed by atoms with Crippen molar-refractivity contribution in [3.05, 3.63) is 71.1 Å². The Bertz CT molecular complexity index is 993. The molecule has 2 aromatic heterocycles. The topological polar surface area (TPSA) is 47.5 Å². The maximum atomic E-state index is 5.88. The van der Waals surface area contributed by atoms with Crippen molar-refractivity contribution in [2.45, 2.75) is 18.9 Å². The number of fused-ring (bicyclic) bond motifs is 1. The number of benzene rings is 1. The number of rotatable bonds is 4. The van der Waals surface area contributed by atoms with Gasteiger partial charge in [0.2, 0.25) is 6.79 Å². The molecule has 0 radical (unpaired) electrons. The van der Waals surface area contributed by atoms with Gasteiger partial charge in [0.05, 0.1) is 5.69 Å². The Balaban J connectivity index is 1.31. The van der Waals surface area contributed by atoms with Gasteiger partial charge in [-0.1, -0.05) is 17.7 Å². The van der Waals surface area contributed by atoms with Crippen molar-refractivity contribution in [2.24, 2.45) is 0 Å². The minimum absolute atomic E-state index is 0.285. The van der Waals surface area contributed by atoms with Crippen molar-refractivity contribution < 1.29 is 9.47 Å². The normalized spacial score (nSPS) is 18.5. The zero-order valence-corrected chi connectivity index (χ0v) is 16.1. The SMILES string of the molecule is Clc1ccc(CN2CC[C@H](c3ccnc(-c4ccc5c(c4)OCO5)c3)C2)cn1. The molecule has 1 fully saturated rings. The van der Waals surface area contributed by atoms with Gasteiger partial charge in [0, 0.05) is 31.0 Å². The fourth-order valence-electron chi connectivity index (χ4n) is 3.92. The van der Waals surface area contributed by atoms with Crippen LogP contribution in [0.3, 0.4) is 0 Å². The molecule has 0 bridgehead atoms. The fraction of sp³-hybridized carbons (Fsp3) is 0.273. The summed E-state index contributed by atoms with van der Waals surface area (Å²) in [6, 6.07) is 14.2. The number of ether oxygens (including phenoxy) is 2. The molecule has 6 heteroatoms. The van der Waals surface area contributed by atoms with E-state index in [1.54, 1.807) is 0 Å². The first-order valence-corrected chi connectivity index (χ1v) is 9.81. The number of hydrogen-bond donors (Lipinski definition) is 0. The molecule has 142 valence electrons. The van der Waals surface area contributed by atoms with Crippen LogP contribution in [0.4, 0.5) is 0 Å². The summed E-state index contributed by atoms with van der Waals surface area (Å²) in [6.07, 6.45) is 4.91. The Kier molecular flexibility index (Phi) is 4.63. The summed E-state index contributed by atoms with van der Waals surface area (Å²) in [5.41, 5.74) is 4.55. The lowest BCUT2D eigenvalue weighted by atomic mass is 9.97. The van der Waals surface area contributed by atoms with Gasteiger partial charge in [0.15, 0.2) is 11.5 Å². The molecule has 0 spiro atoms. The quantitative estimate of drug-likeness (QED) is 0.610. The monoisotopic (exact) mass is 393 g/mol. The van der Waals surface area contributed by atoms with Crippen LogP contribution in [-0.4, -0.2) is 34.8 Å². The number of hydrogen-bond acceptors (Lipinski definition) is 5. The molecule has 4 heterocycles. The molecule has 1 atom stereocenters. The van der Waals surface area contributed by atoms with Crippen LogP contribution >= 0.6 is 11.6 Å². The van der Waals surface area contributed by atoms with Crippen LogP contribution in [0.2, 0.25) is 5.15 Å². The molecule has 0 amide bonds. The van der Waals surface area contributed by atoms with E-state index < -0.39 is 0 Å². The maximum absolute atomic E-state index is 5.88. The number of aromatic nitrogens is 2. The Hall–Kier alpha value is -2.63. The predicted molar refractivity (Wildman–Crippen MR) is 108 cm³/mol. The lowest BCUT2D eigenvalue weighted by Gasteiger charge is -2.16. The molecule has 1 saturated heterocycles. The molecule has 28 heavy (non-hydrogen) atoms. The van der Waals surface area contributed by atoms with Crippen LogP contribution in [-0.2, 0) is 6.54 Å². The Morgan fingerprint density at radius 1 is 1.04 bits per heavy atom. The molecule has 2 aliphatic heterocycles. The molecule has 0 saturated carbocycles. The van der Waals surface area contributed by atoms with Crippen LogP contribution in [0.15, 0.2) is 54.9 Å². The van der Waals surface area contributed by atoms with Crippen molar-refractivity contribution in [1.82, 2.24) is 14.9 Å². The second-order valence-electron chi connectivity index (χ2n) is 7.25. The van der Waals surface area contributed by atoms with Crippen LogP contribution in [0.1, 0.15) is 23.5 Å². The van der Waals surface area contributed by atoms with Gasteiger partial charge in [-0.05, 0) is 66.4 Å². The molecule has 1 aromatic carbocycles. The van der Waals surface area contributed by atoms with Crippen LogP contribution in [0.25, 0.3) is 11.3 Å². The first-order valence-electron chi connectivity index (χ1n) is 9.43. The van der Waals surface area contributed by atoms with E-state index in [0.717, 1.165) is 48.8 Å². The molecule has 5 rings (SSSR count). The smallest absolute Gasteiger partial charge is 0.231 e. The third kappa shape index (κ3) is 3.55. The van der Waals surface area contributed by atoms with Gasteiger partial charge >= 0.3 is 0 Å². The Morgan fingerprint density at radius 2 is 1.96 bits per heavy atom. The van der Waals surface area contributed by atoms with Crippen molar-refractivity contribution in [1.29, 1.82) is 0 Å². The third-order valence-corrected chi connectivity index (χ3v) is 5.61. The summed E-state index contributed by atoms with van der Waals surface area (Å²) >= 11 is 5.88. The van der Waals surface area contributed by atoms with E-state index in [4.69, 9.17) is 21.1 Å². The second kappa shape index (κ2) is 7.41. The van der Waals surface area contributed by atoms with Crippen LogP contribution in [0, 0.1) is 0 Å². The van der Waals surface area contributed by atoms with Gasteiger partial charge in [-0.3, -0.25) is 9.88 Å². The Labute approximate surface area is 168 Å². The van der Waals surface area contributed by atoms with E-state index in [-0.39, 0.29) is 6.79 Å². The van der Waals surface area contributed by atoms with E-state index >= 15 is 0 Å². The number of halogens is 1. The summed E-state index contributed by atoms with van der Waals surface area (Å²) in [7, 11) is 0. The Morgan fingerprint density at radius 3 is 2.86 bits per heavy atom. The van der Waals surface area contributed by atoms with E-state index in [2.05, 4.69) is 27.0 Å². The largest absolute Gasteiger partial charge is 0.454 e. The first kappa shape index (κ1) is 17.5. The zero-order valence-electron chi connectivity index (χ0n) is 15.3. The van der Waals surface area contributed by atoms with E-state index in [0.29, 0.717) is 11.1 Å². The van der Waals surface area contributed by atoms with Gasteiger partial charge in [-0.2, -0.15) is 0 Å². The van der Waals surface area contributed by atoms with E-state index in [9.17, 15) is 0 Å². The summed E-state index contributed by atoms with van der Waals surface area (Å²) in [4.78, 5) is 11.2. The highest BCUT2D eigenvalue weighted by Gasteiger charge is 2.24. The van der Waals surface area contributed by atoms with Crippen LogP contribution < -0.4 is 9.47 Å². The standard InChI is InChI=1S/C22H20ClN3O2/c23-22-4-1-15(11-25-22)12-26-8-6-18(13-26)16-5-7-24-19(9-16)17-2-3-20-21(10-17)28-14-27-20/h1-5,7,9-11,18H,6,8,12-14H2/t18-/m0/s1. The van der Waals surface area contributed by atoms with Gasteiger partial charge in [0.1, 0.15) is 5.15 Å². The highest BCUT2D eigenvalue weighted by molar-refractivity contribution is 6.29. The molecular formula is C22H20ClN3O2. The average molecular weight is 394 g/mol. The molecule has 5 nitrogen and oxygen atoms in total. The van der Waals surface area contributed by atoms with Gasteiger partial charge in [-0.25, -0.2) is 4.98 Å². The fourth-order valence-corrected chi connectivity index (χ4v) is 4.03. The molecule has 2 aliphatic rings. The lowest BCUT2D eigenvalue weighted by Crippen LogP contribution is -2.19. The lowest BCUT2D eigenvalue weighted by molar-refractivity contribution is 0.174. The number of likely N-dealkylation sites (tertiary alicyclic amines) is 1. The highest BCUT2D eigenvalue weighted by Crippen LogP contribution is 2.36. The number of pyridine rings is 2.